The van der Waals surface area contributed by atoms with E-state index in [-0.39, 0.29) is 16.4 Å². The molecule has 0 saturated heterocycles. The molecule has 0 amide bonds. The summed E-state index contributed by atoms with van der Waals surface area (Å²) in [6.45, 7) is 12.8. The predicted molar refractivity (Wildman–Crippen MR) is 130 cm³/mol. The van der Waals surface area contributed by atoms with Gasteiger partial charge in [0.25, 0.3) is 0 Å². The van der Waals surface area contributed by atoms with Crippen LogP contribution < -0.4 is 9.20 Å². The van der Waals surface area contributed by atoms with Crippen LogP contribution in [0.25, 0.3) is 22.9 Å². The third-order valence-corrected chi connectivity index (χ3v) is 5.90. The lowest BCUT2D eigenvalue weighted by Crippen LogP contribution is -2.21. The Morgan fingerprint density at radius 1 is 0.906 bits per heavy atom. The van der Waals surface area contributed by atoms with Crippen molar-refractivity contribution >= 4 is 23.0 Å². The van der Waals surface area contributed by atoms with Crippen LogP contribution in [0.15, 0.2) is 65.7 Å². The average Bonchev–Trinajstić information content (AvgIpc) is 3.16. The van der Waals surface area contributed by atoms with Gasteiger partial charge in [-0.25, -0.2) is 4.98 Å². The molecule has 1 aliphatic heterocycles. The van der Waals surface area contributed by atoms with Crippen molar-refractivity contribution in [2.24, 2.45) is 10.8 Å². The average molecular weight is 442 g/mol. The summed E-state index contributed by atoms with van der Waals surface area (Å²) in [6.07, 6.45) is 8.18. The molecule has 5 heteroatoms. The minimum atomic E-state index is -0.125. The molecule has 0 N–H and O–H groups in total. The van der Waals surface area contributed by atoms with Gasteiger partial charge in [0.15, 0.2) is 5.57 Å². The second kappa shape index (κ2) is 8.99. The number of allylic oxidation sites excluding steroid dienone is 6. The van der Waals surface area contributed by atoms with Crippen LogP contribution in [0.3, 0.4) is 0 Å². The van der Waals surface area contributed by atoms with E-state index in [2.05, 4.69) is 58.7 Å². The second-order valence-corrected chi connectivity index (χ2v) is 10.7. The number of hydrogen-bond acceptors (Lipinski definition) is 5. The maximum absolute atomic E-state index is 9.30. The molecule has 0 saturated carbocycles. The number of nitriles is 2. The van der Waals surface area contributed by atoms with Gasteiger partial charge in [-0.05, 0) is 23.8 Å². The number of rotatable bonds is 2. The van der Waals surface area contributed by atoms with Crippen LogP contribution in [-0.2, 0) is 4.74 Å². The molecule has 2 heterocycles. The monoisotopic (exact) mass is 441 g/mol. The fraction of sp³-hybridized carbons (Fsp3) is 0.296. The van der Waals surface area contributed by atoms with Gasteiger partial charge >= 0.3 is 0 Å². The van der Waals surface area contributed by atoms with Gasteiger partial charge in [0, 0.05) is 16.4 Å². The Labute approximate surface area is 193 Å². The highest BCUT2D eigenvalue weighted by molar-refractivity contribution is 7.08. The van der Waals surface area contributed by atoms with Crippen LogP contribution >= 0.6 is 11.3 Å². The Bertz CT molecular complexity index is 1260. The van der Waals surface area contributed by atoms with E-state index in [0.717, 1.165) is 32.9 Å². The van der Waals surface area contributed by atoms with Crippen LogP contribution in [0.1, 0.15) is 41.5 Å². The Hall–Kier alpha value is -3.41. The van der Waals surface area contributed by atoms with Crippen molar-refractivity contribution < 1.29 is 4.74 Å². The predicted octanol–water partition coefficient (Wildman–Crippen LogP) is 5.61. The van der Waals surface area contributed by atoms with Gasteiger partial charge in [-0.2, -0.15) is 10.5 Å². The number of benzene rings is 1. The van der Waals surface area contributed by atoms with E-state index in [1.165, 1.54) is 11.3 Å². The summed E-state index contributed by atoms with van der Waals surface area (Å²) in [4.78, 5) is 4.62. The van der Waals surface area contributed by atoms with Crippen LogP contribution in [-0.4, -0.2) is 4.98 Å². The van der Waals surface area contributed by atoms with E-state index in [1.54, 1.807) is 0 Å². The molecule has 0 spiro atoms. The summed E-state index contributed by atoms with van der Waals surface area (Å²) in [6, 6.07) is 13.7. The van der Waals surface area contributed by atoms with E-state index in [1.807, 2.05) is 54.6 Å². The first-order valence-corrected chi connectivity index (χ1v) is 11.3. The lowest BCUT2D eigenvalue weighted by molar-refractivity contribution is 0.161. The van der Waals surface area contributed by atoms with E-state index in [9.17, 15) is 10.5 Å². The SMILES string of the molecule is CC(C)(C)C1=CC(=C/C=c2/sc(=C(C#N)C#N)nc2-c2ccccc2)C=C(C(C)(C)C)O1. The molecule has 4 nitrogen and oxygen atoms in total. The van der Waals surface area contributed by atoms with Crippen LogP contribution in [0.2, 0.25) is 0 Å². The topological polar surface area (TPSA) is 69.7 Å². The van der Waals surface area contributed by atoms with E-state index in [0.29, 0.717) is 4.66 Å². The molecule has 1 aliphatic rings. The zero-order valence-electron chi connectivity index (χ0n) is 19.4. The molecule has 162 valence electrons. The van der Waals surface area contributed by atoms with Crippen molar-refractivity contribution in [2.45, 2.75) is 41.5 Å². The van der Waals surface area contributed by atoms with Gasteiger partial charge in [0.05, 0.1) is 10.2 Å². The smallest absolute Gasteiger partial charge is 0.165 e. The van der Waals surface area contributed by atoms with Crippen LogP contribution in [0, 0.1) is 33.5 Å². The molecule has 2 aromatic rings. The molecule has 0 aliphatic carbocycles. The summed E-state index contributed by atoms with van der Waals surface area (Å²) in [5, 5.41) is 18.6. The van der Waals surface area contributed by atoms with Gasteiger partial charge in [-0.15, -0.1) is 11.3 Å². The molecule has 3 rings (SSSR count). The summed E-state index contributed by atoms with van der Waals surface area (Å²) < 4.78 is 7.56. The van der Waals surface area contributed by atoms with Gasteiger partial charge in [-0.1, -0.05) is 78.0 Å². The summed E-state index contributed by atoms with van der Waals surface area (Å²) in [7, 11) is 0. The first-order chi connectivity index (χ1) is 15.0. The minimum Gasteiger partial charge on any atom is -0.465 e. The van der Waals surface area contributed by atoms with Gasteiger partial charge < -0.3 is 4.74 Å². The summed E-state index contributed by atoms with van der Waals surface area (Å²) in [5.41, 5.74) is 2.51. The van der Waals surface area contributed by atoms with Crippen molar-refractivity contribution in [3.63, 3.8) is 0 Å². The number of hydrogen-bond donors (Lipinski definition) is 0. The van der Waals surface area contributed by atoms with Crippen LogP contribution in [0.5, 0.6) is 0 Å². The molecule has 1 aromatic heterocycles. The second-order valence-electron chi connectivity index (χ2n) is 9.65. The zero-order valence-corrected chi connectivity index (χ0v) is 20.2. The maximum Gasteiger partial charge on any atom is 0.165 e. The third-order valence-electron chi connectivity index (χ3n) is 4.86. The largest absolute Gasteiger partial charge is 0.465 e. The minimum absolute atomic E-state index is 0.0235. The molecule has 0 fully saturated rings. The molecule has 0 unspecified atom stereocenters. The third kappa shape index (κ3) is 5.25. The zero-order chi connectivity index (χ0) is 23.5. The fourth-order valence-electron chi connectivity index (χ4n) is 3.00. The Kier molecular flexibility index (Phi) is 6.53. The van der Waals surface area contributed by atoms with Gasteiger partial charge in [-0.3, -0.25) is 0 Å². The van der Waals surface area contributed by atoms with E-state index < -0.39 is 0 Å². The number of aromatic nitrogens is 1. The quantitative estimate of drug-likeness (QED) is 0.608. The Morgan fingerprint density at radius 2 is 1.47 bits per heavy atom. The van der Waals surface area contributed by atoms with Crippen molar-refractivity contribution in [2.75, 3.05) is 0 Å². The van der Waals surface area contributed by atoms with E-state index >= 15 is 0 Å². The molecule has 0 atom stereocenters. The maximum atomic E-state index is 9.30. The van der Waals surface area contributed by atoms with Crippen molar-refractivity contribution in [1.82, 2.24) is 4.98 Å². The van der Waals surface area contributed by atoms with Crippen molar-refractivity contribution in [3.8, 4) is 23.4 Å². The first kappa shape index (κ1) is 23.3. The Balaban J connectivity index is 2.23. The normalized spacial score (nSPS) is 14.6. The molecular formula is C27H27N3OS. The van der Waals surface area contributed by atoms with Crippen LogP contribution in [0.4, 0.5) is 0 Å². The summed E-state index contributed by atoms with van der Waals surface area (Å²) in [5.74, 6) is 1.84. The van der Waals surface area contributed by atoms with Gasteiger partial charge in [0.1, 0.15) is 28.3 Å². The number of thiazole rings is 1. The number of ether oxygens (including phenoxy) is 1. The summed E-state index contributed by atoms with van der Waals surface area (Å²) >= 11 is 1.35. The fourth-order valence-corrected chi connectivity index (χ4v) is 3.94. The molecule has 0 radical (unpaired) electrons. The lowest BCUT2D eigenvalue weighted by Gasteiger charge is -2.32. The molecule has 0 bridgehead atoms. The molecular weight excluding hydrogens is 414 g/mol. The highest BCUT2D eigenvalue weighted by atomic mass is 32.1. The van der Waals surface area contributed by atoms with E-state index in [4.69, 9.17) is 4.74 Å². The molecule has 32 heavy (non-hydrogen) atoms. The van der Waals surface area contributed by atoms with Gasteiger partial charge in [0.2, 0.25) is 0 Å². The Morgan fingerprint density at radius 3 is 1.97 bits per heavy atom. The highest BCUT2D eigenvalue weighted by Crippen LogP contribution is 2.38. The van der Waals surface area contributed by atoms with Crippen molar-refractivity contribution in [3.05, 3.63) is 74.8 Å². The first-order valence-electron chi connectivity index (χ1n) is 10.4. The molecule has 1 aromatic carbocycles. The van der Waals surface area contributed by atoms with Crippen molar-refractivity contribution in [1.29, 1.82) is 10.5 Å². The lowest BCUT2D eigenvalue weighted by atomic mass is 9.87. The highest BCUT2D eigenvalue weighted by Gasteiger charge is 2.28. The number of nitrogens with zero attached hydrogens (tertiary/aromatic N) is 3. The standard InChI is InChI=1S/C27H27N3OS/c1-26(2,3)22-14-18(15-23(31-22)27(4,5)6)12-13-21-24(19-10-8-7-9-11-19)30-25(32-21)20(16-28)17-29/h7-15H,1-6H3/b21-13+.